The van der Waals surface area contributed by atoms with Crippen LogP contribution in [0.1, 0.15) is 37.6 Å². The molecular weight excluding hydrogens is 295 g/mol. The molecule has 0 saturated carbocycles. The first kappa shape index (κ1) is 16.9. The number of hydrogen-bond acceptors (Lipinski definition) is 3. The van der Waals surface area contributed by atoms with Gasteiger partial charge in [0.05, 0.1) is 5.69 Å². The number of carbonyl (C=O) groups excluding carboxylic acids is 1. The molecule has 2 amide bonds. The molecule has 0 bridgehead atoms. The minimum Gasteiger partial charge on any atom is -0.334 e. The molecule has 0 atom stereocenters. The van der Waals surface area contributed by atoms with E-state index in [1.807, 2.05) is 0 Å². The minimum atomic E-state index is -0.294. The second kappa shape index (κ2) is 7.17. The predicted octanol–water partition coefficient (Wildman–Crippen LogP) is 2.91. The fraction of sp³-hybridized carbons (Fsp3) is 0.353. The van der Waals surface area contributed by atoms with E-state index >= 15 is 0 Å². The van der Waals surface area contributed by atoms with Gasteiger partial charge < -0.3 is 10.6 Å². The van der Waals surface area contributed by atoms with E-state index in [9.17, 15) is 9.18 Å². The van der Waals surface area contributed by atoms with Gasteiger partial charge in [-0.1, -0.05) is 32.9 Å². The lowest BCUT2D eigenvalue weighted by atomic mass is 9.89. The molecule has 1 aromatic heterocycles. The van der Waals surface area contributed by atoms with E-state index in [1.54, 1.807) is 18.3 Å². The smallest absolute Gasteiger partial charge is 0.315 e. The summed E-state index contributed by atoms with van der Waals surface area (Å²) in [4.78, 5) is 20.2. The van der Waals surface area contributed by atoms with Gasteiger partial charge in [0.1, 0.15) is 12.1 Å². The largest absolute Gasteiger partial charge is 0.334 e. The van der Waals surface area contributed by atoms with Crippen LogP contribution in [0.5, 0.6) is 0 Å². The number of benzene rings is 1. The summed E-state index contributed by atoms with van der Waals surface area (Å²) in [6.45, 7) is 6.88. The van der Waals surface area contributed by atoms with Crippen molar-refractivity contribution in [1.29, 1.82) is 0 Å². The van der Waals surface area contributed by atoms with Gasteiger partial charge in [-0.15, -0.1) is 0 Å². The maximum absolute atomic E-state index is 12.8. The molecule has 0 unspecified atom stereocenters. The average molecular weight is 316 g/mol. The maximum atomic E-state index is 12.8. The molecule has 2 N–H and O–H groups in total. The van der Waals surface area contributed by atoms with E-state index in [1.165, 1.54) is 18.5 Å². The summed E-state index contributed by atoms with van der Waals surface area (Å²) < 4.78 is 12.8. The molecule has 0 radical (unpaired) electrons. The van der Waals surface area contributed by atoms with E-state index in [-0.39, 0.29) is 17.3 Å². The first-order valence-corrected chi connectivity index (χ1v) is 7.42. The highest BCUT2D eigenvalue weighted by Crippen LogP contribution is 2.22. The lowest BCUT2D eigenvalue weighted by Crippen LogP contribution is -2.35. The van der Waals surface area contributed by atoms with E-state index in [4.69, 9.17) is 0 Å². The SMILES string of the molecule is CC(C)(C)c1ncncc1CNC(=O)NCc1ccc(F)cc1. The lowest BCUT2D eigenvalue weighted by Gasteiger charge is -2.21. The number of nitrogens with one attached hydrogen (secondary N) is 2. The number of rotatable bonds is 4. The molecule has 1 heterocycles. The Morgan fingerprint density at radius 3 is 2.43 bits per heavy atom. The fourth-order valence-corrected chi connectivity index (χ4v) is 2.19. The standard InChI is InChI=1S/C17H21FN4O/c1-17(2,3)15-13(9-19-11-22-15)10-21-16(23)20-8-12-4-6-14(18)7-5-12/h4-7,9,11H,8,10H2,1-3H3,(H2,20,21,23). The summed E-state index contributed by atoms with van der Waals surface area (Å²) in [5.74, 6) is -0.294. The Labute approximate surface area is 135 Å². The second-order valence-corrected chi connectivity index (χ2v) is 6.31. The minimum absolute atomic E-state index is 0.120. The van der Waals surface area contributed by atoms with Gasteiger partial charge >= 0.3 is 6.03 Å². The van der Waals surface area contributed by atoms with Crippen LogP contribution in [-0.4, -0.2) is 16.0 Å². The topological polar surface area (TPSA) is 66.9 Å². The lowest BCUT2D eigenvalue weighted by molar-refractivity contribution is 0.240. The van der Waals surface area contributed by atoms with Crippen LogP contribution in [0.15, 0.2) is 36.8 Å². The highest BCUT2D eigenvalue weighted by molar-refractivity contribution is 5.73. The summed E-state index contributed by atoms with van der Waals surface area (Å²) in [5, 5.41) is 5.52. The molecule has 0 fully saturated rings. The summed E-state index contributed by atoms with van der Waals surface area (Å²) in [6.07, 6.45) is 3.23. The van der Waals surface area contributed by atoms with Crippen molar-refractivity contribution in [3.8, 4) is 0 Å². The van der Waals surface area contributed by atoms with Gasteiger partial charge in [-0.3, -0.25) is 0 Å². The molecule has 122 valence electrons. The number of carbonyl (C=O) groups is 1. The van der Waals surface area contributed by atoms with Crippen LogP contribution < -0.4 is 10.6 Å². The van der Waals surface area contributed by atoms with Crippen molar-refractivity contribution in [1.82, 2.24) is 20.6 Å². The molecule has 0 aliphatic heterocycles. The number of amides is 2. The quantitative estimate of drug-likeness (QED) is 0.911. The van der Waals surface area contributed by atoms with Crippen molar-refractivity contribution in [3.63, 3.8) is 0 Å². The van der Waals surface area contributed by atoms with E-state index < -0.39 is 0 Å². The van der Waals surface area contributed by atoms with Crippen LogP contribution in [0, 0.1) is 5.82 Å². The Morgan fingerprint density at radius 1 is 1.13 bits per heavy atom. The fourth-order valence-electron chi connectivity index (χ4n) is 2.19. The van der Waals surface area contributed by atoms with Crippen molar-refractivity contribution in [2.75, 3.05) is 0 Å². The highest BCUT2D eigenvalue weighted by Gasteiger charge is 2.19. The van der Waals surface area contributed by atoms with Gasteiger partial charge in [0.25, 0.3) is 0 Å². The number of aromatic nitrogens is 2. The number of urea groups is 1. The van der Waals surface area contributed by atoms with Gasteiger partial charge in [-0.2, -0.15) is 0 Å². The van der Waals surface area contributed by atoms with E-state index in [0.29, 0.717) is 13.1 Å². The first-order chi connectivity index (χ1) is 10.9. The van der Waals surface area contributed by atoms with Crippen LogP contribution in [0.3, 0.4) is 0 Å². The molecule has 2 aromatic rings. The van der Waals surface area contributed by atoms with E-state index in [0.717, 1.165) is 16.8 Å². The second-order valence-electron chi connectivity index (χ2n) is 6.31. The summed E-state index contributed by atoms with van der Waals surface area (Å²) >= 11 is 0. The Hall–Kier alpha value is -2.50. The molecule has 6 heteroatoms. The van der Waals surface area contributed by atoms with E-state index in [2.05, 4.69) is 41.4 Å². The third-order valence-corrected chi connectivity index (χ3v) is 3.30. The number of hydrogen-bond donors (Lipinski definition) is 2. The molecule has 0 spiro atoms. The Kier molecular flexibility index (Phi) is 5.26. The van der Waals surface area contributed by atoms with Crippen LogP contribution >= 0.6 is 0 Å². The van der Waals surface area contributed by atoms with Crippen molar-refractivity contribution in [3.05, 3.63) is 59.4 Å². The molecule has 5 nitrogen and oxygen atoms in total. The molecular formula is C17H21FN4O. The van der Waals surface area contributed by atoms with Crippen molar-refractivity contribution < 1.29 is 9.18 Å². The third-order valence-electron chi connectivity index (χ3n) is 3.30. The van der Waals surface area contributed by atoms with Gasteiger partial charge in [-0.25, -0.2) is 19.2 Å². The van der Waals surface area contributed by atoms with Crippen LogP contribution in [0.25, 0.3) is 0 Å². The first-order valence-electron chi connectivity index (χ1n) is 7.42. The number of halogens is 1. The van der Waals surface area contributed by atoms with Crippen molar-refractivity contribution in [2.24, 2.45) is 0 Å². The molecule has 1 aromatic carbocycles. The zero-order valence-corrected chi connectivity index (χ0v) is 13.6. The maximum Gasteiger partial charge on any atom is 0.315 e. The van der Waals surface area contributed by atoms with Crippen LogP contribution in [0.2, 0.25) is 0 Å². The van der Waals surface area contributed by atoms with Crippen molar-refractivity contribution in [2.45, 2.75) is 39.3 Å². The average Bonchev–Trinajstić information content (AvgIpc) is 2.52. The Balaban J connectivity index is 1.89. The third kappa shape index (κ3) is 5.02. The molecule has 2 rings (SSSR count). The van der Waals surface area contributed by atoms with Gasteiger partial charge in [0, 0.05) is 30.3 Å². The van der Waals surface area contributed by atoms with Crippen LogP contribution in [-0.2, 0) is 18.5 Å². The monoisotopic (exact) mass is 316 g/mol. The highest BCUT2D eigenvalue weighted by atomic mass is 19.1. The molecule has 23 heavy (non-hydrogen) atoms. The van der Waals surface area contributed by atoms with Gasteiger partial charge in [0.2, 0.25) is 0 Å². The molecule has 0 aliphatic carbocycles. The predicted molar refractivity (Wildman–Crippen MR) is 86.2 cm³/mol. The number of nitrogens with zero attached hydrogens (tertiary/aromatic N) is 2. The zero-order chi connectivity index (χ0) is 16.9. The van der Waals surface area contributed by atoms with Gasteiger partial charge in [0.15, 0.2) is 0 Å². The Bertz CT molecular complexity index is 665. The van der Waals surface area contributed by atoms with Crippen LogP contribution in [0.4, 0.5) is 9.18 Å². The molecule has 0 saturated heterocycles. The molecule has 0 aliphatic rings. The summed E-state index contributed by atoms with van der Waals surface area (Å²) in [5.41, 5.74) is 2.51. The summed E-state index contributed by atoms with van der Waals surface area (Å²) in [7, 11) is 0. The normalized spacial score (nSPS) is 11.1. The van der Waals surface area contributed by atoms with Crippen molar-refractivity contribution >= 4 is 6.03 Å². The van der Waals surface area contributed by atoms with Gasteiger partial charge in [-0.05, 0) is 17.7 Å². The summed E-state index contributed by atoms with van der Waals surface area (Å²) in [6, 6.07) is 5.71. The Morgan fingerprint density at radius 2 is 1.78 bits per heavy atom. The zero-order valence-electron chi connectivity index (χ0n) is 13.6.